The lowest BCUT2D eigenvalue weighted by Gasteiger charge is -2.25. The molecule has 1 fully saturated rings. The largest absolute Gasteiger partial charge is 0.362 e. The third-order valence-corrected chi connectivity index (χ3v) is 5.89. The normalized spacial score (nSPS) is 17.5. The van der Waals surface area contributed by atoms with Crippen LogP contribution < -0.4 is 4.90 Å². The van der Waals surface area contributed by atoms with Gasteiger partial charge in [-0.3, -0.25) is 0 Å². The monoisotopic (exact) mass is 351 g/mol. The minimum Gasteiger partial charge on any atom is -0.362 e. The van der Waals surface area contributed by atoms with Crippen LogP contribution in [-0.2, 0) is 5.41 Å². The molecular formula is C22H22FNS. The topological polar surface area (TPSA) is 3.24 Å². The van der Waals surface area contributed by atoms with E-state index in [0.29, 0.717) is 5.41 Å². The molecule has 1 heterocycles. The van der Waals surface area contributed by atoms with Crippen LogP contribution in [0.2, 0.25) is 0 Å². The van der Waals surface area contributed by atoms with Crippen molar-refractivity contribution in [3.8, 4) is 11.8 Å². The summed E-state index contributed by atoms with van der Waals surface area (Å²) in [4.78, 5) is 2.38. The molecule has 0 unspecified atom stereocenters. The van der Waals surface area contributed by atoms with Crippen molar-refractivity contribution in [3.05, 3.63) is 64.5 Å². The van der Waals surface area contributed by atoms with E-state index < -0.39 is 0 Å². The molecule has 2 aromatic rings. The number of hydrogen-bond donors (Lipinski definition) is 1. The van der Waals surface area contributed by atoms with Crippen LogP contribution in [0.5, 0.6) is 0 Å². The Labute approximate surface area is 154 Å². The van der Waals surface area contributed by atoms with Gasteiger partial charge in [-0.2, -0.15) is 12.6 Å². The molecule has 0 bridgehead atoms. The van der Waals surface area contributed by atoms with Gasteiger partial charge >= 0.3 is 0 Å². The predicted molar refractivity (Wildman–Crippen MR) is 105 cm³/mol. The van der Waals surface area contributed by atoms with Crippen molar-refractivity contribution >= 4 is 18.3 Å². The van der Waals surface area contributed by atoms with Crippen molar-refractivity contribution in [2.75, 3.05) is 17.3 Å². The fourth-order valence-electron chi connectivity index (χ4n) is 3.87. The van der Waals surface area contributed by atoms with E-state index in [1.165, 1.54) is 54.6 Å². The van der Waals surface area contributed by atoms with Gasteiger partial charge in [-0.25, -0.2) is 4.39 Å². The second-order valence-electron chi connectivity index (χ2n) is 7.23. The van der Waals surface area contributed by atoms with Gasteiger partial charge in [-0.15, -0.1) is 0 Å². The first kappa shape index (κ1) is 16.5. The molecular weight excluding hydrogens is 329 g/mol. The van der Waals surface area contributed by atoms with Crippen LogP contribution in [-0.4, -0.2) is 12.4 Å². The second kappa shape index (κ2) is 6.42. The number of fused-ring (bicyclic) bond motifs is 2. The van der Waals surface area contributed by atoms with Gasteiger partial charge in [-0.1, -0.05) is 11.8 Å². The van der Waals surface area contributed by atoms with Crippen LogP contribution in [0.1, 0.15) is 47.9 Å². The first-order valence-electron chi connectivity index (χ1n) is 8.90. The van der Waals surface area contributed by atoms with Gasteiger partial charge in [0.25, 0.3) is 0 Å². The standard InChI is InChI=1S/C22H22FNS/c1-16-13-21-20(22(10-11-22)9-2-12-24(21)15-25)14-18(16)6-3-17-4-7-19(23)8-5-17/h4-5,7-8,13-14,25H,2,9-12,15H2,1H3. The smallest absolute Gasteiger partial charge is 0.123 e. The van der Waals surface area contributed by atoms with Crippen LogP contribution in [0.3, 0.4) is 0 Å². The second-order valence-corrected chi connectivity index (χ2v) is 7.51. The van der Waals surface area contributed by atoms with E-state index in [1.807, 2.05) is 0 Å². The third kappa shape index (κ3) is 3.16. The molecule has 0 saturated heterocycles. The number of thiol groups is 1. The van der Waals surface area contributed by atoms with Crippen LogP contribution in [0.25, 0.3) is 0 Å². The van der Waals surface area contributed by atoms with E-state index >= 15 is 0 Å². The van der Waals surface area contributed by atoms with Gasteiger partial charge in [0.05, 0.1) is 5.88 Å². The number of aryl methyl sites for hydroxylation is 1. The van der Waals surface area contributed by atoms with Gasteiger partial charge in [0.1, 0.15) is 5.82 Å². The van der Waals surface area contributed by atoms with Gasteiger partial charge < -0.3 is 4.90 Å². The summed E-state index contributed by atoms with van der Waals surface area (Å²) in [5.74, 6) is 7.01. The number of benzene rings is 2. The van der Waals surface area contributed by atoms with E-state index in [9.17, 15) is 4.39 Å². The maximum Gasteiger partial charge on any atom is 0.123 e. The molecule has 3 heteroatoms. The molecule has 0 N–H and O–H groups in total. The molecule has 128 valence electrons. The number of anilines is 1. The summed E-state index contributed by atoms with van der Waals surface area (Å²) in [6, 6.07) is 11.0. The summed E-state index contributed by atoms with van der Waals surface area (Å²) in [7, 11) is 0. The fraction of sp³-hybridized carbons (Fsp3) is 0.364. The van der Waals surface area contributed by atoms with Crippen molar-refractivity contribution in [3.63, 3.8) is 0 Å². The summed E-state index contributed by atoms with van der Waals surface area (Å²) in [6.07, 6.45) is 5.06. The minimum absolute atomic E-state index is 0.228. The van der Waals surface area contributed by atoms with Crippen LogP contribution in [0.4, 0.5) is 10.1 Å². The van der Waals surface area contributed by atoms with Crippen molar-refractivity contribution in [2.45, 2.75) is 38.0 Å². The highest BCUT2D eigenvalue weighted by Crippen LogP contribution is 2.56. The van der Waals surface area contributed by atoms with Crippen LogP contribution in [0, 0.1) is 24.6 Å². The SMILES string of the molecule is Cc1cc2c(cc1C#Cc1ccc(F)cc1)C1(CCCN2CS)CC1. The van der Waals surface area contributed by atoms with E-state index in [2.05, 4.69) is 48.4 Å². The highest BCUT2D eigenvalue weighted by atomic mass is 32.1. The Balaban J connectivity index is 1.76. The predicted octanol–water partition coefficient (Wildman–Crippen LogP) is 5.05. The van der Waals surface area contributed by atoms with Gasteiger partial charge in [0.2, 0.25) is 0 Å². The summed E-state index contributed by atoms with van der Waals surface area (Å²) in [6.45, 7) is 3.20. The molecule has 1 aliphatic carbocycles. The minimum atomic E-state index is -0.228. The molecule has 1 nitrogen and oxygen atoms in total. The maximum atomic E-state index is 13.0. The molecule has 1 spiro atoms. The summed E-state index contributed by atoms with van der Waals surface area (Å²) >= 11 is 4.54. The van der Waals surface area contributed by atoms with E-state index in [-0.39, 0.29) is 5.82 Å². The lowest BCUT2D eigenvalue weighted by atomic mass is 9.88. The Morgan fingerprint density at radius 1 is 1.12 bits per heavy atom. The zero-order chi connectivity index (χ0) is 17.4. The third-order valence-electron chi connectivity index (χ3n) is 5.55. The van der Waals surface area contributed by atoms with Crippen molar-refractivity contribution in [1.82, 2.24) is 0 Å². The van der Waals surface area contributed by atoms with E-state index in [0.717, 1.165) is 23.5 Å². The highest BCUT2D eigenvalue weighted by Gasteiger charge is 2.46. The van der Waals surface area contributed by atoms with Gasteiger partial charge in [-0.05, 0) is 85.5 Å². The average Bonchev–Trinajstić information content (AvgIpc) is 3.41. The number of hydrogen-bond acceptors (Lipinski definition) is 2. The Bertz CT molecular complexity index is 856. The summed E-state index contributed by atoms with van der Waals surface area (Å²) in [5.41, 5.74) is 6.28. The maximum absolute atomic E-state index is 13.0. The Hall–Kier alpha value is -1.92. The van der Waals surface area contributed by atoms with Crippen molar-refractivity contribution in [2.24, 2.45) is 0 Å². The average molecular weight is 351 g/mol. The molecule has 0 aromatic heterocycles. The molecule has 1 aliphatic heterocycles. The summed E-state index contributed by atoms with van der Waals surface area (Å²) < 4.78 is 13.0. The zero-order valence-electron chi connectivity index (χ0n) is 14.5. The zero-order valence-corrected chi connectivity index (χ0v) is 15.4. The van der Waals surface area contributed by atoms with Crippen molar-refractivity contribution in [1.29, 1.82) is 0 Å². The molecule has 0 radical (unpaired) electrons. The molecule has 2 aliphatic rings. The van der Waals surface area contributed by atoms with Gasteiger partial charge in [0.15, 0.2) is 0 Å². The lowest BCUT2D eigenvalue weighted by Crippen LogP contribution is -2.22. The van der Waals surface area contributed by atoms with Crippen molar-refractivity contribution < 1.29 is 4.39 Å². The Kier molecular flexibility index (Phi) is 4.25. The Morgan fingerprint density at radius 2 is 1.88 bits per heavy atom. The van der Waals surface area contributed by atoms with E-state index in [1.54, 1.807) is 12.1 Å². The molecule has 25 heavy (non-hydrogen) atoms. The highest BCUT2D eigenvalue weighted by molar-refractivity contribution is 7.80. The van der Waals surface area contributed by atoms with Crippen LogP contribution >= 0.6 is 12.6 Å². The molecule has 0 amide bonds. The quantitative estimate of drug-likeness (QED) is 0.556. The Morgan fingerprint density at radius 3 is 2.56 bits per heavy atom. The molecule has 4 rings (SSSR count). The number of halogens is 1. The first-order valence-corrected chi connectivity index (χ1v) is 9.53. The fourth-order valence-corrected chi connectivity index (χ4v) is 4.16. The lowest BCUT2D eigenvalue weighted by molar-refractivity contribution is 0.604. The molecule has 0 atom stereocenters. The van der Waals surface area contributed by atoms with Crippen LogP contribution in [0.15, 0.2) is 36.4 Å². The van der Waals surface area contributed by atoms with Gasteiger partial charge in [0, 0.05) is 23.4 Å². The van der Waals surface area contributed by atoms with E-state index in [4.69, 9.17) is 0 Å². The molecule has 2 aromatic carbocycles. The first-order chi connectivity index (χ1) is 12.1. The number of rotatable bonds is 1. The summed E-state index contributed by atoms with van der Waals surface area (Å²) in [5, 5.41) is 0. The molecule has 1 saturated carbocycles. The number of nitrogens with zero attached hydrogens (tertiary/aromatic N) is 1.